The van der Waals surface area contributed by atoms with E-state index in [0.717, 1.165) is 0 Å². The smallest absolute Gasteiger partial charge is 0.328 e. The van der Waals surface area contributed by atoms with Gasteiger partial charge in [0.1, 0.15) is 0 Å². The Balaban J connectivity index is 2.04. The van der Waals surface area contributed by atoms with E-state index in [1.807, 2.05) is 13.8 Å². The van der Waals surface area contributed by atoms with E-state index in [9.17, 15) is 19.2 Å². The predicted molar refractivity (Wildman–Crippen MR) is 89.7 cm³/mol. The number of fused-ring (bicyclic) bond motifs is 1. The topological polar surface area (TPSA) is 113 Å². The van der Waals surface area contributed by atoms with Gasteiger partial charge in [0.05, 0.1) is 17.4 Å². The first-order valence-electron chi connectivity index (χ1n) is 7.66. The third kappa shape index (κ3) is 4.31. The summed E-state index contributed by atoms with van der Waals surface area (Å²) in [6, 6.07) is 6.68. The highest BCUT2D eigenvalue weighted by Crippen LogP contribution is 2.06. The highest BCUT2D eigenvalue weighted by atomic mass is 16.2. The molecule has 2 rings (SSSR count). The minimum Gasteiger partial charge on any atom is -0.352 e. The lowest BCUT2D eigenvalue weighted by Gasteiger charge is -2.11. The number of nitrogens with zero attached hydrogens (tertiary/aromatic N) is 1. The van der Waals surface area contributed by atoms with Crippen LogP contribution < -0.4 is 21.9 Å². The fourth-order valence-electron chi connectivity index (χ4n) is 2.32. The van der Waals surface area contributed by atoms with Gasteiger partial charge in [0.2, 0.25) is 11.8 Å². The summed E-state index contributed by atoms with van der Waals surface area (Å²) in [7, 11) is 0. The van der Waals surface area contributed by atoms with Crippen molar-refractivity contribution in [3.8, 4) is 0 Å². The number of aryl methyl sites for hydroxylation is 1. The second-order valence-corrected chi connectivity index (χ2v) is 5.68. The van der Waals surface area contributed by atoms with Crippen molar-refractivity contribution >= 4 is 22.7 Å². The van der Waals surface area contributed by atoms with Crippen LogP contribution in [0.1, 0.15) is 20.3 Å². The molecule has 2 amide bonds. The van der Waals surface area contributed by atoms with Gasteiger partial charge in [-0.1, -0.05) is 12.1 Å². The third-order valence-corrected chi connectivity index (χ3v) is 3.36. The lowest BCUT2D eigenvalue weighted by Crippen LogP contribution is -2.40. The summed E-state index contributed by atoms with van der Waals surface area (Å²) in [4.78, 5) is 49.3. The van der Waals surface area contributed by atoms with Crippen LogP contribution in [0.4, 0.5) is 0 Å². The molecule has 0 unspecified atom stereocenters. The van der Waals surface area contributed by atoms with Crippen LogP contribution in [0.25, 0.3) is 10.9 Å². The van der Waals surface area contributed by atoms with E-state index in [0.29, 0.717) is 10.9 Å². The molecule has 0 saturated heterocycles. The Hall–Kier alpha value is -2.90. The molecule has 8 heteroatoms. The highest BCUT2D eigenvalue weighted by Gasteiger charge is 2.10. The first-order chi connectivity index (χ1) is 11.4. The number of aromatic amines is 1. The van der Waals surface area contributed by atoms with Crippen LogP contribution in [0.15, 0.2) is 33.9 Å². The van der Waals surface area contributed by atoms with Gasteiger partial charge in [0.25, 0.3) is 5.56 Å². The quantitative estimate of drug-likeness (QED) is 0.675. The molecule has 0 spiro atoms. The first-order valence-corrected chi connectivity index (χ1v) is 7.66. The average molecular weight is 332 g/mol. The molecule has 0 aliphatic carbocycles. The van der Waals surface area contributed by atoms with Gasteiger partial charge in [0, 0.05) is 19.0 Å². The standard InChI is InChI=1S/C16H20N4O4/c1-10(2)18-14(22)9-17-13(21)7-8-20-12-6-4-3-5-11(12)15(23)19-16(20)24/h3-6,10H,7-9H2,1-2H3,(H,17,21)(H,18,22)(H,19,23,24). The third-order valence-electron chi connectivity index (χ3n) is 3.36. The van der Waals surface area contributed by atoms with Crippen LogP contribution in [0.5, 0.6) is 0 Å². The van der Waals surface area contributed by atoms with Crippen LogP contribution in [0.3, 0.4) is 0 Å². The Morgan fingerprint density at radius 2 is 1.88 bits per heavy atom. The van der Waals surface area contributed by atoms with Gasteiger partial charge in [-0.3, -0.25) is 23.9 Å². The van der Waals surface area contributed by atoms with Crippen molar-refractivity contribution < 1.29 is 9.59 Å². The zero-order valence-electron chi connectivity index (χ0n) is 13.6. The number of carbonyl (C=O) groups excluding carboxylic acids is 2. The Labute approximate surface area is 137 Å². The fraction of sp³-hybridized carbons (Fsp3) is 0.375. The van der Waals surface area contributed by atoms with E-state index >= 15 is 0 Å². The van der Waals surface area contributed by atoms with Crippen LogP contribution in [0.2, 0.25) is 0 Å². The molecule has 1 heterocycles. The summed E-state index contributed by atoms with van der Waals surface area (Å²) in [5.74, 6) is -0.624. The molecule has 0 fully saturated rings. The molecule has 2 aromatic rings. The van der Waals surface area contributed by atoms with Crippen molar-refractivity contribution in [3.63, 3.8) is 0 Å². The molecule has 8 nitrogen and oxygen atoms in total. The molecular weight excluding hydrogens is 312 g/mol. The van der Waals surface area contributed by atoms with Crippen LogP contribution in [-0.4, -0.2) is 34.0 Å². The Kier molecular flexibility index (Phi) is 5.51. The van der Waals surface area contributed by atoms with Gasteiger partial charge in [-0.25, -0.2) is 4.79 Å². The number of hydrogen-bond donors (Lipinski definition) is 3. The van der Waals surface area contributed by atoms with Crippen molar-refractivity contribution in [1.82, 2.24) is 20.2 Å². The summed E-state index contributed by atoms with van der Waals surface area (Å²) in [6.45, 7) is 3.65. The molecule has 128 valence electrons. The second-order valence-electron chi connectivity index (χ2n) is 5.68. The lowest BCUT2D eigenvalue weighted by molar-refractivity contribution is -0.126. The van der Waals surface area contributed by atoms with Gasteiger partial charge < -0.3 is 10.6 Å². The van der Waals surface area contributed by atoms with E-state index in [-0.39, 0.29) is 37.4 Å². The maximum atomic E-state index is 12.0. The van der Waals surface area contributed by atoms with Crippen molar-refractivity contribution in [3.05, 3.63) is 45.1 Å². The number of benzene rings is 1. The second kappa shape index (κ2) is 7.58. The van der Waals surface area contributed by atoms with E-state index in [4.69, 9.17) is 0 Å². The van der Waals surface area contributed by atoms with Gasteiger partial charge in [-0.05, 0) is 26.0 Å². The molecule has 3 N–H and O–H groups in total. The number of nitrogens with one attached hydrogen (secondary N) is 3. The zero-order valence-corrected chi connectivity index (χ0v) is 13.6. The molecular formula is C16H20N4O4. The monoisotopic (exact) mass is 332 g/mol. The molecule has 1 aromatic carbocycles. The number of amides is 2. The number of carbonyl (C=O) groups is 2. The average Bonchev–Trinajstić information content (AvgIpc) is 2.52. The number of H-pyrrole nitrogens is 1. The van der Waals surface area contributed by atoms with E-state index in [1.165, 1.54) is 4.57 Å². The Morgan fingerprint density at radius 1 is 1.17 bits per heavy atom. The van der Waals surface area contributed by atoms with Crippen molar-refractivity contribution in [2.45, 2.75) is 32.9 Å². The summed E-state index contributed by atoms with van der Waals surface area (Å²) < 4.78 is 1.34. The minimum absolute atomic E-state index is 0.000450. The molecule has 0 radical (unpaired) electrons. The van der Waals surface area contributed by atoms with Gasteiger partial charge in [-0.2, -0.15) is 0 Å². The van der Waals surface area contributed by atoms with Gasteiger partial charge >= 0.3 is 5.69 Å². The molecule has 24 heavy (non-hydrogen) atoms. The largest absolute Gasteiger partial charge is 0.352 e. The fourth-order valence-corrected chi connectivity index (χ4v) is 2.32. The maximum Gasteiger partial charge on any atom is 0.328 e. The van der Waals surface area contributed by atoms with Crippen LogP contribution in [-0.2, 0) is 16.1 Å². The van der Waals surface area contributed by atoms with Crippen molar-refractivity contribution in [2.75, 3.05) is 6.54 Å². The van der Waals surface area contributed by atoms with Crippen LogP contribution >= 0.6 is 0 Å². The Bertz CT molecular complexity index is 866. The zero-order chi connectivity index (χ0) is 17.7. The lowest BCUT2D eigenvalue weighted by atomic mass is 10.2. The maximum absolute atomic E-state index is 12.0. The summed E-state index contributed by atoms with van der Waals surface area (Å²) in [5, 5.41) is 5.54. The molecule has 0 atom stereocenters. The number of para-hydroxylation sites is 1. The van der Waals surface area contributed by atoms with E-state index in [1.54, 1.807) is 24.3 Å². The number of rotatable bonds is 6. The number of aromatic nitrogens is 2. The molecule has 0 aliphatic rings. The molecule has 0 saturated carbocycles. The molecule has 1 aromatic heterocycles. The predicted octanol–water partition coefficient (Wildman–Crippen LogP) is -0.279. The summed E-state index contributed by atoms with van der Waals surface area (Å²) in [6.07, 6.45) is 0.0188. The SMILES string of the molecule is CC(C)NC(=O)CNC(=O)CCn1c(=O)[nH]c(=O)c2ccccc21. The van der Waals surface area contributed by atoms with E-state index < -0.39 is 11.2 Å². The molecule has 0 aliphatic heterocycles. The van der Waals surface area contributed by atoms with Crippen LogP contribution in [0, 0.1) is 0 Å². The Morgan fingerprint density at radius 3 is 2.58 bits per heavy atom. The van der Waals surface area contributed by atoms with Gasteiger partial charge in [0.15, 0.2) is 0 Å². The highest BCUT2D eigenvalue weighted by molar-refractivity contribution is 5.85. The summed E-state index contributed by atoms with van der Waals surface area (Å²) in [5.41, 5.74) is -0.553. The van der Waals surface area contributed by atoms with E-state index in [2.05, 4.69) is 15.6 Å². The summed E-state index contributed by atoms with van der Waals surface area (Å²) >= 11 is 0. The molecule has 0 bridgehead atoms. The van der Waals surface area contributed by atoms with Gasteiger partial charge in [-0.15, -0.1) is 0 Å². The van der Waals surface area contributed by atoms with Crippen molar-refractivity contribution in [2.24, 2.45) is 0 Å². The first kappa shape index (κ1) is 17.5. The number of hydrogen-bond acceptors (Lipinski definition) is 4. The minimum atomic E-state index is -0.566. The normalized spacial score (nSPS) is 10.8. The van der Waals surface area contributed by atoms with Crippen molar-refractivity contribution in [1.29, 1.82) is 0 Å².